The number of ether oxygens (including phenoxy) is 1. The molecule has 0 atom stereocenters. The molecule has 0 unspecified atom stereocenters. The molecule has 0 bridgehead atoms. The lowest BCUT2D eigenvalue weighted by atomic mass is 10.1. The average Bonchev–Trinajstić information content (AvgIpc) is 1.96. The minimum absolute atomic E-state index is 1.23. The molecule has 0 rings (SSSR count). The highest BCUT2D eigenvalue weighted by Gasteiger charge is 2.31. The normalized spacial score (nSPS) is 13.3. The lowest BCUT2D eigenvalue weighted by Crippen LogP contribution is -2.30. The lowest BCUT2D eigenvalue weighted by molar-refractivity contribution is -0.191. The van der Waals surface area contributed by atoms with Crippen LogP contribution in [0.15, 0.2) is 0 Å². The Kier molecular flexibility index (Phi) is 4.20. The van der Waals surface area contributed by atoms with Gasteiger partial charge in [-0.3, -0.25) is 0 Å². The van der Waals surface area contributed by atoms with Crippen molar-refractivity contribution in [3.63, 3.8) is 0 Å². The number of halogens is 3. The summed E-state index contributed by atoms with van der Waals surface area (Å²) >= 11 is 0. The maximum Gasteiger partial charge on any atom is 0.411 e. The molecule has 88 valence electrons. The topological polar surface area (TPSA) is 29.5 Å². The molecule has 5 heteroatoms. The van der Waals surface area contributed by atoms with Gasteiger partial charge in [-0.2, -0.15) is 13.2 Å². The third kappa shape index (κ3) is 9.57. The largest absolute Gasteiger partial charge is 0.411 e. The van der Waals surface area contributed by atoms with Crippen molar-refractivity contribution in [3.8, 4) is 11.8 Å². The minimum atomic E-state index is -4.37. The van der Waals surface area contributed by atoms with E-state index in [9.17, 15) is 18.3 Å². The van der Waals surface area contributed by atoms with E-state index in [0.717, 1.165) is 0 Å². The molecule has 0 radical (unpaired) electrons. The molecule has 0 saturated heterocycles. The summed E-state index contributed by atoms with van der Waals surface area (Å²) in [6.45, 7) is 4.37. The molecule has 1 N–H and O–H groups in total. The van der Waals surface area contributed by atoms with Crippen LogP contribution in [0.5, 0.6) is 0 Å². The van der Waals surface area contributed by atoms with Gasteiger partial charge in [0, 0.05) is 0 Å². The highest BCUT2D eigenvalue weighted by atomic mass is 19.4. The third-order valence-corrected chi connectivity index (χ3v) is 1.27. The number of hydrogen-bond donors (Lipinski definition) is 1. The smallest absolute Gasteiger partial charge is 0.378 e. The van der Waals surface area contributed by atoms with E-state index >= 15 is 0 Å². The van der Waals surface area contributed by atoms with Gasteiger partial charge in [-0.15, -0.1) is 0 Å². The van der Waals surface area contributed by atoms with Gasteiger partial charge >= 0.3 is 6.18 Å². The average molecular weight is 224 g/mol. The van der Waals surface area contributed by atoms with Crippen LogP contribution in [0.1, 0.15) is 27.7 Å². The molecule has 0 aliphatic heterocycles. The van der Waals surface area contributed by atoms with Gasteiger partial charge in [0.15, 0.2) is 0 Å². The van der Waals surface area contributed by atoms with Crippen molar-refractivity contribution in [1.29, 1.82) is 0 Å². The van der Waals surface area contributed by atoms with Crippen molar-refractivity contribution in [2.24, 2.45) is 0 Å². The Balaban J connectivity index is 4.36. The summed E-state index contributed by atoms with van der Waals surface area (Å²) in [5.41, 5.74) is -2.46. The molecule has 0 heterocycles. The summed E-state index contributed by atoms with van der Waals surface area (Å²) in [6, 6.07) is 0. The highest BCUT2D eigenvalue weighted by Crippen LogP contribution is 2.19. The van der Waals surface area contributed by atoms with Crippen LogP contribution < -0.4 is 0 Å². The molecule has 0 aromatic carbocycles. The Morgan fingerprint density at radius 1 is 1.07 bits per heavy atom. The molecule has 0 aromatic rings. The number of aliphatic hydroxyl groups is 1. The first-order valence-electron chi connectivity index (χ1n) is 4.39. The zero-order valence-corrected chi connectivity index (χ0v) is 9.20. The molecule has 0 fully saturated rings. The van der Waals surface area contributed by atoms with Crippen molar-refractivity contribution in [1.82, 2.24) is 0 Å². The molecule has 2 nitrogen and oxygen atoms in total. The van der Waals surface area contributed by atoms with Crippen LogP contribution in [0.2, 0.25) is 0 Å². The molecule has 0 aliphatic carbocycles. The molecule has 0 aromatic heterocycles. The Morgan fingerprint density at radius 3 is 1.87 bits per heavy atom. The first-order valence-corrected chi connectivity index (χ1v) is 4.39. The van der Waals surface area contributed by atoms with Crippen LogP contribution in [0, 0.1) is 11.8 Å². The van der Waals surface area contributed by atoms with E-state index in [2.05, 4.69) is 16.6 Å². The van der Waals surface area contributed by atoms with Crippen molar-refractivity contribution in [2.45, 2.75) is 45.1 Å². The van der Waals surface area contributed by atoms with Gasteiger partial charge in [0.2, 0.25) is 0 Å². The zero-order chi connectivity index (χ0) is 12.3. The molecule has 0 aliphatic rings. The van der Waals surface area contributed by atoms with Gasteiger partial charge in [-0.25, -0.2) is 0 Å². The lowest BCUT2D eigenvalue weighted by Gasteiger charge is -2.20. The predicted octanol–water partition coefficient (Wildman–Crippen LogP) is 2.12. The van der Waals surface area contributed by atoms with E-state index in [1.54, 1.807) is 0 Å². The zero-order valence-electron chi connectivity index (χ0n) is 9.20. The standard InChI is InChI=1S/C10H15F3O2/c1-8(2,14)5-6-9(3,4)15-7-10(11,12)13/h14H,7H2,1-4H3. The van der Waals surface area contributed by atoms with Crippen LogP contribution in [0.25, 0.3) is 0 Å². The third-order valence-electron chi connectivity index (χ3n) is 1.27. The van der Waals surface area contributed by atoms with Gasteiger partial charge < -0.3 is 9.84 Å². The maximum atomic E-state index is 11.8. The van der Waals surface area contributed by atoms with E-state index in [1.165, 1.54) is 27.7 Å². The highest BCUT2D eigenvalue weighted by molar-refractivity contribution is 5.17. The van der Waals surface area contributed by atoms with Gasteiger partial charge in [0.05, 0.1) is 0 Å². The Morgan fingerprint density at radius 2 is 1.53 bits per heavy atom. The summed E-state index contributed by atoms with van der Waals surface area (Å²) in [5.74, 6) is 4.86. The van der Waals surface area contributed by atoms with Crippen molar-refractivity contribution >= 4 is 0 Å². The summed E-state index contributed by atoms with van der Waals surface area (Å²) in [7, 11) is 0. The first-order chi connectivity index (χ1) is 6.41. The summed E-state index contributed by atoms with van der Waals surface area (Å²) in [4.78, 5) is 0. The van der Waals surface area contributed by atoms with Crippen molar-refractivity contribution in [2.75, 3.05) is 6.61 Å². The Labute approximate surface area is 87.4 Å². The second-order valence-corrected chi connectivity index (χ2v) is 4.22. The van der Waals surface area contributed by atoms with E-state index in [4.69, 9.17) is 0 Å². The van der Waals surface area contributed by atoms with Crippen LogP contribution in [-0.2, 0) is 4.74 Å². The van der Waals surface area contributed by atoms with E-state index in [-0.39, 0.29) is 0 Å². The summed E-state index contributed by atoms with van der Waals surface area (Å²) in [5, 5.41) is 9.26. The predicted molar refractivity (Wildman–Crippen MR) is 50.2 cm³/mol. The van der Waals surface area contributed by atoms with Crippen molar-refractivity contribution < 1.29 is 23.0 Å². The minimum Gasteiger partial charge on any atom is -0.378 e. The SMILES string of the molecule is CC(C)(O)C#CC(C)(C)OCC(F)(F)F. The number of rotatable bonds is 2. The Hall–Kier alpha value is -0.730. The van der Waals surface area contributed by atoms with Crippen molar-refractivity contribution in [3.05, 3.63) is 0 Å². The van der Waals surface area contributed by atoms with Gasteiger partial charge in [-0.1, -0.05) is 11.8 Å². The summed E-state index contributed by atoms with van der Waals surface area (Å²) in [6.07, 6.45) is -4.37. The molecule has 0 saturated carbocycles. The molecular formula is C10H15F3O2. The number of hydrogen-bond acceptors (Lipinski definition) is 2. The van der Waals surface area contributed by atoms with Crippen LogP contribution in [0.4, 0.5) is 13.2 Å². The second kappa shape index (κ2) is 4.42. The quantitative estimate of drug-likeness (QED) is 0.728. The van der Waals surface area contributed by atoms with Crippen LogP contribution in [0.3, 0.4) is 0 Å². The number of alkyl halides is 3. The maximum absolute atomic E-state index is 11.8. The monoisotopic (exact) mass is 224 g/mol. The van der Waals surface area contributed by atoms with Crippen LogP contribution >= 0.6 is 0 Å². The fourth-order valence-corrected chi connectivity index (χ4v) is 0.602. The van der Waals surface area contributed by atoms with E-state index in [0.29, 0.717) is 0 Å². The van der Waals surface area contributed by atoms with Gasteiger partial charge in [0.25, 0.3) is 0 Å². The first kappa shape index (κ1) is 14.3. The van der Waals surface area contributed by atoms with Gasteiger partial charge in [-0.05, 0) is 27.7 Å². The fraction of sp³-hybridized carbons (Fsp3) is 0.800. The van der Waals surface area contributed by atoms with E-state index in [1.807, 2.05) is 0 Å². The summed E-state index contributed by atoms with van der Waals surface area (Å²) < 4.78 is 40.1. The van der Waals surface area contributed by atoms with Crippen LogP contribution in [-0.4, -0.2) is 29.1 Å². The molecular weight excluding hydrogens is 209 g/mol. The molecule has 0 spiro atoms. The van der Waals surface area contributed by atoms with E-state index < -0.39 is 24.0 Å². The molecule has 15 heavy (non-hydrogen) atoms. The van der Waals surface area contributed by atoms with Gasteiger partial charge in [0.1, 0.15) is 17.8 Å². The molecule has 0 amide bonds. The fourth-order valence-electron chi connectivity index (χ4n) is 0.602. The second-order valence-electron chi connectivity index (χ2n) is 4.22. The Bertz CT molecular complexity index is 263.